The van der Waals surface area contributed by atoms with Crippen molar-refractivity contribution >= 4 is 0 Å². The maximum Gasteiger partial charge on any atom is 0.118 e. The van der Waals surface area contributed by atoms with Crippen LogP contribution >= 0.6 is 0 Å². The van der Waals surface area contributed by atoms with Crippen LogP contribution in [-0.2, 0) is 0 Å². The Labute approximate surface area is 263 Å². The molecule has 224 valence electrons. The minimum atomic E-state index is 0.261. The zero-order valence-corrected chi connectivity index (χ0v) is 26.5. The average Bonchev–Trinajstić information content (AvgIpc) is 3.36. The van der Waals surface area contributed by atoms with Crippen LogP contribution in [0, 0.1) is 23.7 Å². The van der Waals surface area contributed by atoms with Gasteiger partial charge in [-0.25, -0.2) is 0 Å². The molecule has 0 bridgehead atoms. The van der Waals surface area contributed by atoms with Gasteiger partial charge >= 0.3 is 0 Å². The summed E-state index contributed by atoms with van der Waals surface area (Å²) < 4.78 is 10.9. The maximum absolute atomic E-state index is 5.46. The van der Waals surface area contributed by atoms with E-state index in [9.17, 15) is 0 Å². The fourth-order valence-corrected chi connectivity index (χ4v) is 8.86. The molecule has 0 heterocycles. The molecule has 7 rings (SSSR count). The fraction of sp³-hybridized carbons (Fsp3) is 0.333. The minimum Gasteiger partial charge on any atom is -0.497 e. The second-order valence-corrected chi connectivity index (χ2v) is 13.2. The van der Waals surface area contributed by atoms with Gasteiger partial charge in [-0.15, -0.1) is 0 Å². The highest BCUT2D eigenvalue weighted by Gasteiger charge is 2.44. The van der Waals surface area contributed by atoms with Gasteiger partial charge in [-0.3, -0.25) is 0 Å². The van der Waals surface area contributed by atoms with Crippen LogP contribution in [0.3, 0.4) is 0 Å². The minimum absolute atomic E-state index is 0.261. The van der Waals surface area contributed by atoms with Gasteiger partial charge in [0.25, 0.3) is 0 Å². The predicted molar refractivity (Wildman–Crippen MR) is 182 cm³/mol. The second kappa shape index (κ2) is 12.2. The molecule has 2 heteroatoms. The Morgan fingerprint density at radius 2 is 0.932 bits per heavy atom. The molecule has 5 aliphatic rings. The first-order chi connectivity index (χ1) is 21.6. The first kappa shape index (κ1) is 28.7. The molecule has 0 aromatic heterocycles. The lowest BCUT2D eigenvalue weighted by atomic mass is 9.62. The highest BCUT2D eigenvalue weighted by molar-refractivity contribution is 5.58. The fourth-order valence-electron chi connectivity index (χ4n) is 8.86. The molecule has 0 spiro atoms. The van der Waals surface area contributed by atoms with E-state index in [1.54, 1.807) is 14.2 Å². The van der Waals surface area contributed by atoms with Gasteiger partial charge in [0.15, 0.2) is 0 Å². The smallest absolute Gasteiger partial charge is 0.118 e. The van der Waals surface area contributed by atoms with Crippen LogP contribution in [-0.4, -0.2) is 14.2 Å². The molecule has 0 aliphatic heterocycles. The third kappa shape index (κ3) is 5.09. The molecule has 0 amide bonds. The Balaban J connectivity index is 1.24. The molecule has 2 aromatic carbocycles. The lowest BCUT2D eigenvalue weighted by Gasteiger charge is -2.42. The van der Waals surface area contributed by atoms with Gasteiger partial charge in [0.1, 0.15) is 11.5 Å². The van der Waals surface area contributed by atoms with Crippen LogP contribution in [0.5, 0.6) is 11.5 Å². The van der Waals surface area contributed by atoms with Gasteiger partial charge in [0, 0.05) is 23.7 Å². The lowest BCUT2D eigenvalue weighted by molar-refractivity contribution is 0.167. The van der Waals surface area contributed by atoms with Crippen LogP contribution in [0.2, 0.25) is 0 Å². The van der Waals surface area contributed by atoms with Gasteiger partial charge in [-0.1, -0.05) is 109 Å². The summed E-state index contributed by atoms with van der Waals surface area (Å²) in [5, 5.41) is 0. The van der Waals surface area contributed by atoms with Gasteiger partial charge in [0.05, 0.1) is 14.2 Å². The first-order valence-electron chi connectivity index (χ1n) is 16.4. The van der Waals surface area contributed by atoms with Crippen molar-refractivity contribution in [2.75, 3.05) is 14.2 Å². The third-order valence-electron chi connectivity index (χ3n) is 10.8. The summed E-state index contributed by atoms with van der Waals surface area (Å²) in [6.07, 6.45) is 28.9. The summed E-state index contributed by atoms with van der Waals surface area (Å²) in [6.45, 7) is 4.79. The molecule has 6 unspecified atom stereocenters. The Morgan fingerprint density at radius 3 is 1.32 bits per heavy atom. The topological polar surface area (TPSA) is 18.5 Å². The normalized spacial score (nSPS) is 29.2. The van der Waals surface area contributed by atoms with Gasteiger partial charge in [0.2, 0.25) is 0 Å². The van der Waals surface area contributed by atoms with Gasteiger partial charge in [-0.2, -0.15) is 0 Å². The number of ether oxygens (including phenoxy) is 2. The largest absolute Gasteiger partial charge is 0.497 e. The lowest BCUT2D eigenvalue weighted by Crippen LogP contribution is -2.33. The van der Waals surface area contributed by atoms with Crippen molar-refractivity contribution in [3.05, 3.63) is 154 Å². The quantitative estimate of drug-likeness (QED) is 0.338. The van der Waals surface area contributed by atoms with Gasteiger partial charge < -0.3 is 9.47 Å². The van der Waals surface area contributed by atoms with E-state index in [2.05, 4.69) is 123 Å². The molecular formula is C42H44O2. The van der Waals surface area contributed by atoms with E-state index in [1.165, 1.54) is 70.2 Å². The van der Waals surface area contributed by atoms with Crippen molar-refractivity contribution in [3.63, 3.8) is 0 Å². The SMILES string of the molecule is COc1ccc(C2C=CC=CC3=C2C=C(C)C3C2CCCCC2C2C(C)=CC3=C2C=CC=CC3c2ccc(OC)cc2)cc1. The van der Waals surface area contributed by atoms with E-state index >= 15 is 0 Å². The number of benzene rings is 2. The van der Waals surface area contributed by atoms with Crippen molar-refractivity contribution in [2.24, 2.45) is 23.7 Å². The number of allylic oxidation sites excluding steroid dienone is 16. The molecule has 1 saturated carbocycles. The second-order valence-electron chi connectivity index (χ2n) is 13.2. The monoisotopic (exact) mass is 580 g/mol. The molecule has 6 atom stereocenters. The predicted octanol–water partition coefficient (Wildman–Crippen LogP) is 10.4. The van der Waals surface area contributed by atoms with E-state index < -0.39 is 0 Å². The summed E-state index contributed by atoms with van der Waals surface area (Å²) in [5.41, 5.74) is 11.7. The molecule has 2 nitrogen and oxygen atoms in total. The van der Waals surface area contributed by atoms with Crippen molar-refractivity contribution in [2.45, 2.75) is 51.4 Å². The zero-order chi connectivity index (χ0) is 30.2. The highest BCUT2D eigenvalue weighted by atomic mass is 16.5. The Hall–Kier alpha value is -4.04. The number of methoxy groups -OCH3 is 2. The molecular weight excluding hydrogens is 536 g/mol. The van der Waals surface area contributed by atoms with E-state index in [4.69, 9.17) is 9.47 Å². The summed E-state index contributed by atoms with van der Waals surface area (Å²) in [7, 11) is 3.47. The molecule has 0 N–H and O–H groups in total. The van der Waals surface area contributed by atoms with Crippen LogP contribution in [0.25, 0.3) is 0 Å². The van der Waals surface area contributed by atoms with E-state index in [1.807, 2.05) is 0 Å². The molecule has 2 aromatic rings. The maximum atomic E-state index is 5.46. The molecule has 1 fully saturated rings. The van der Waals surface area contributed by atoms with Crippen molar-refractivity contribution in [1.29, 1.82) is 0 Å². The van der Waals surface area contributed by atoms with E-state index in [-0.39, 0.29) is 11.8 Å². The van der Waals surface area contributed by atoms with Crippen LogP contribution in [0.15, 0.2) is 143 Å². The van der Waals surface area contributed by atoms with Crippen molar-refractivity contribution < 1.29 is 9.47 Å². The summed E-state index contributed by atoms with van der Waals surface area (Å²) >= 11 is 0. The number of hydrogen-bond donors (Lipinski definition) is 0. The third-order valence-corrected chi connectivity index (χ3v) is 10.8. The number of hydrogen-bond acceptors (Lipinski definition) is 2. The van der Waals surface area contributed by atoms with Crippen molar-refractivity contribution in [1.82, 2.24) is 0 Å². The standard InChI is InChI=1S/C42H44O2/c1-27-25-39-33(29-17-21-31(43-3)22-18-29)11-5-7-15-37(39)41(27)35-13-9-10-14-36(35)42-28(2)26-40-34(12-6-8-16-38(40)42)30-19-23-32(44-4)24-20-30/h5-8,11-12,15-26,33-36,41-42H,9-10,13-14H2,1-4H3. The highest BCUT2D eigenvalue weighted by Crippen LogP contribution is 2.55. The van der Waals surface area contributed by atoms with Gasteiger partial charge in [-0.05, 0) is 96.2 Å². The molecule has 5 aliphatic carbocycles. The van der Waals surface area contributed by atoms with Crippen LogP contribution < -0.4 is 9.47 Å². The molecule has 0 saturated heterocycles. The first-order valence-corrected chi connectivity index (χ1v) is 16.4. The Morgan fingerprint density at radius 1 is 0.523 bits per heavy atom. The van der Waals surface area contributed by atoms with E-state index in [0.29, 0.717) is 23.7 Å². The summed E-state index contributed by atoms with van der Waals surface area (Å²) in [4.78, 5) is 0. The summed E-state index contributed by atoms with van der Waals surface area (Å²) in [5.74, 6) is 4.51. The Bertz CT molecular complexity index is 1530. The van der Waals surface area contributed by atoms with E-state index in [0.717, 1.165) is 11.5 Å². The Kier molecular flexibility index (Phi) is 7.93. The molecule has 44 heavy (non-hydrogen) atoms. The molecule has 0 radical (unpaired) electrons. The summed E-state index contributed by atoms with van der Waals surface area (Å²) in [6, 6.07) is 17.3. The number of rotatable bonds is 6. The van der Waals surface area contributed by atoms with Crippen LogP contribution in [0.4, 0.5) is 0 Å². The van der Waals surface area contributed by atoms with Crippen molar-refractivity contribution in [3.8, 4) is 11.5 Å². The zero-order valence-electron chi connectivity index (χ0n) is 26.5. The average molecular weight is 581 g/mol. The van der Waals surface area contributed by atoms with Crippen LogP contribution in [0.1, 0.15) is 62.5 Å².